The Bertz CT molecular complexity index is 1870. The van der Waals surface area contributed by atoms with Crippen LogP contribution < -0.4 is 19.5 Å². The van der Waals surface area contributed by atoms with Gasteiger partial charge in [-0.15, -0.1) is 11.3 Å². The van der Waals surface area contributed by atoms with Crippen LogP contribution in [0.15, 0.2) is 60.9 Å². The standard InChI is InChI=1S/C37H39Cl2N3O7S/c1-41-14-11-24(12-15-41)49-36(45)37(13-10-22-6-4-5-7-29(22)37)40-19-25-17-27(34(50-25)35(43)44)26(18-28-30(38)20-42(46)21-31(28)39)23-8-9-32(47-2)33(16-23)48-3/h4-9,16-17,20-21,24,26,40H,10-15,18-19H2,1-3H3,(H,43,44)/t26-,37?/m0/s1. The van der Waals surface area contributed by atoms with E-state index in [-0.39, 0.29) is 40.0 Å². The number of carboxylic acid groups (broad SMARTS) is 1. The van der Waals surface area contributed by atoms with Crippen LogP contribution in [0, 0.1) is 5.21 Å². The van der Waals surface area contributed by atoms with Crippen molar-refractivity contribution in [2.75, 3.05) is 34.4 Å². The van der Waals surface area contributed by atoms with E-state index in [2.05, 4.69) is 17.3 Å². The SMILES string of the molecule is COc1ccc([C@H](Cc2c(Cl)c[n+]([O-])cc2Cl)c2cc(CNC3(C(=O)OC4CCN(C)CC4)CCc4ccccc43)sc2C(=O)O)cc1OC. The summed E-state index contributed by atoms with van der Waals surface area (Å²) in [5.41, 5.74) is 2.67. The molecular formula is C37H39Cl2N3O7S. The van der Waals surface area contributed by atoms with Gasteiger partial charge >= 0.3 is 11.9 Å². The lowest BCUT2D eigenvalue weighted by molar-refractivity contribution is -0.605. The molecule has 1 unspecified atom stereocenters. The summed E-state index contributed by atoms with van der Waals surface area (Å²) in [6.45, 7) is 1.95. The third-order valence-electron chi connectivity index (χ3n) is 9.76. The smallest absolute Gasteiger partial charge is 0.346 e. The van der Waals surface area contributed by atoms with Gasteiger partial charge in [0, 0.05) is 36.0 Å². The number of aromatic carboxylic acids is 1. The molecule has 0 spiro atoms. The molecule has 2 aromatic carbocycles. The molecule has 1 fully saturated rings. The molecule has 2 N–H and O–H groups in total. The molecule has 1 aliphatic carbocycles. The number of rotatable bonds is 12. The highest BCUT2D eigenvalue weighted by Gasteiger charge is 2.47. The van der Waals surface area contributed by atoms with E-state index in [0.717, 1.165) is 58.8 Å². The summed E-state index contributed by atoms with van der Waals surface area (Å²) in [6, 6.07) is 15.2. The summed E-state index contributed by atoms with van der Waals surface area (Å²) < 4.78 is 17.8. The van der Waals surface area contributed by atoms with Gasteiger partial charge < -0.3 is 29.4 Å². The molecule has 13 heteroatoms. The Morgan fingerprint density at radius 2 is 1.78 bits per heavy atom. The number of fused-ring (bicyclic) bond motifs is 1. The molecule has 0 saturated carbocycles. The van der Waals surface area contributed by atoms with Crippen molar-refractivity contribution in [3.63, 3.8) is 0 Å². The van der Waals surface area contributed by atoms with E-state index in [1.807, 2.05) is 36.4 Å². The van der Waals surface area contributed by atoms with E-state index in [9.17, 15) is 19.9 Å². The van der Waals surface area contributed by atoms with E-state index in [0.29, 0.717) is 40.2 Å². The molecule has 0 radical (unpaired) electrons. The van der Waals surface area contributed by atoms with Gasteiger partial charge in [-0.1, -0.05) is 53.5 Å². The number of hydrogen-bond donors (Lipinski definition) is 2. The van der Waals surface area contributed by atoms with Crippen LogP contribution in [0.5, 0.6) is 11.5 Å². The van der Waals surface area contributed by atoms with Gasteiger partial charge in [0.05, 0.1) is 14.2 Å². The minimum atomic E-state index is -1.09. The van der Waals surface area contributed by atoms with Gasteiger partial charge in [-0.3, -0.25) is 5.32 Å². The number of halogens is 2. The Kier molecular flexibility index (Phi) is 10.9. The number of aryl methyl sites for hydroxylation is 1. The molecule has 0 bridgehead atoms. The number of methoxy groups -OCH3 is 2. The first kappa shape index (κ1) is 35.9. The number of carbonyl (C=O) groups is 2. The molecule has 4 aromatic rings. The highest BCUT2D eigenvalue weighted by atomic mass is 35.5. The van der Waals surface area contributed by atoms with Crippen LogP contribution in [0.4, 0.5) is 0 Å². The number of hydrogen-bond acceptors (Lipinski definition) is 9. The second-order valence-electron chi connectivity index (χ2n) is 12.8. The van der Waals surface area contributed by atoms with Gasteiger partial charge in [0.15, 0.2) is 23.9 Å². The topological polar surface area (TPSA) is 124 Å². The summed E-state index contributed by atoms with van der Waals surface area (Å²) >= 11 is 14.2. The minimum Gasteiger partial charge on any atom is -0.619 e. The van der Waals surface area contributed by atoms with Gasteiger partial charge in [0.2, 0.25) is 0 Å². The monoisotopic (exact) mass is 739 g/mol. The van der Waals surface area contributed by atoms with Crippen molar-refractivity contribution in [1.29, 1.82) is 0 Å². The zero-order chi connectivity index (χ0) is 35.6. The Labute approximate surface area is 305 Å². The lowest BCUT2D eigenvalue weighted by atomic mass is 9.85. The Balaban J connectivity index is 1.37. The molecule has 10 nitrogen and oxygen atoms in total. The van der Waals surface area contributed by atoms with Crippen LogP contribution in [-0.2, 0) is 34.5 Å². The van der Waals surface area contributed by atoms with E-state index in [4.69, 9.17) is 37.4 Å². The Morgan fingerprint density at radius 1 is 1.08 bits per heavy atom. The van der Waals surface area contributed by atoms with Gasteiger partial charge in [0.25, 0.3) is 0 Å². The molecule has 264 valence electrons. The molecular weight excluding hydrogens is 701 g/mol. The van der Waals surface area contributed by atoms with Crippen LogP contribution in [0.1, 0.15) is 67.5 Å². The number of esters is 1. The number of likely N-dealkylation sites (tertiary alicyclic amines) is 1. The van der Waals surface area contributed by atoms with Crippen LogP contribution in [0.25, 0.3) is 0 Å². The quantitative estimate of drug-likeness (QED) is 0.0973. The number of aromatic nitrogens is 1. The van der Waals surface area contributed by atoms with Crippen molar-refractivity contribution in [3.05, 3.63) is 114 Å². The molecule has 1 aliphatic heterocycles. The van der Waals surface area contributed by atoms with Crippen molar-refractivity contribution in [2.24, 2.45) is 0 Å². The second-order valence-corrected chi connectivity index (χ2v) is 14.7. The fraction of sp³-hybridized carbons (Fsp3) is 0.378. The van der Waals surface area contributed by atoms with Gasteiger partial charge in [0.1, 0.15) is 26.6 Å². The number of benzene rings is 2. The van der Waals surface area contributed by atoms with Crippen molar-refractivity contribution < 1.29 is 33.6 Å². The molecule has 0 amide bonds. The fourth-order valence-corrected chi connectivity index (χ4v) is 8.65. The van der Waals surface area contributed by atoms with Crippen LogP contribution >= 0.6 is 34.5 Å². The first-order valence-electron chi connectivity index (χ1n) is 16.4. The maximum Gasteiger partial charge on any atom is 0.346 e. The molecule has 2 aromatic heterocycles. The third kappa shape index (κ3) is 7.29. The highest BCUT2D eigenvalue weighted by molar-refractivity contribution is 7.14. The average molecular weight is 741 g/mol. The van der Waals surface area contributed by atoms with Crippen molar-refractivity contribution in [3.8, 4) is 11.5 Å². The normalized spacial score (nSPS) is 18.4. The van der Waals surface area contributed by atoms with Crippen molar-refractivity contribution in [2.45, 2.75) is 56.2 Å². The first-order valence-corrected chi connectivity index (χ1v) is 18.0. The fourth-order valence-electron chi connectivity index (χ4n) is 7.05. The zero-order valence-electron chi connectivity index (χ0n) is 28.0. The Hall–Kier alpha value is -3.87. The van der Waals surface area contributed by atoms with Crippen LogP contribution in [-0.4, -0.2) is 62.4 Å². The maximum atomic E-state index is 14.1. The number of piperidine rings is 1. The number of nitrogens with zero attached hydrogens (tertiary/aromatic N) is 2. The van der Waals surface area contributed by atoms with E-state index < -0.39 is 17.4 Å². The third-order valence-corrected chi connectivity index (χ3v) is 11.5. The van der Waals surface area contributed by atoms with Gasteiger partial charge in [-0.05, 0) is 79.6 Å². The first-order chi connectivity index (χ1) is 24.0. The Morgan fingerprint density at radius 3 is 2.46 bits per heavy atom. The predicted molar refractivity (Wildman–Crippen MR) is 192 cm³/mol. The number of pyridine rings is 1. The zero-order valence-corrected chi connectivity index (χ0v) is 30.4. The predicted octanol–water partition coefficient (Wildman–Crippen LogP) is 6.35. The summed E-state index contributed by atoms with van der Waals surface area (Å²) in [6.07, 6.45) is 5.27. The number of nitrogens with one attached hydrogen (secondary N) is 1. The van der Waals surface area contributed by atoms with E-state index in [1.165, 1.54) is 26.6 Å². The lowest BCUT2D eigenvalue weighted by Crippen LogP contribution is -2.50. The number of thiophene rings is 1. The summed E-state index contributed by atoms with van der Waals surface area (Å²) in [4.78, 5) is 30.0. The van der Waals surface area contributed by atoms with E-state index >= 15 is 0 Å². The van der Waals surface area contributed by atoms with Gasteiger partial charge in [-0.25, -0.2) is 9.59 Å². The average Bonchev–Trinajstić information content (AvgIpc) is 3.70. The summed E-state index contributed by atoms with van der Waals surface area (Å²) in [5, 5.41) is 26.4. The number of carbonyl (C=O) groups excluding carboxylic acids is 1. The maximum absolute atomic E-state index is 14.1. The van der Waals surface area contributed by atoms with Gasteiger partial charge in [-0.2, -0.15) is 4.73 Å². The summed E-state index contributed by atoms with van der Waals surface area (Å²) in [7, 11) is 5.13. The molecule has 6 rings (SSSR count). The van der Waals surface area contributed by atoms with Crippen LogP contribution in [0.3, 0.4) is 0 Å². The lowest BCUT2D eigenvalue weighted by Gasteiger charge is -2.34. The molecule has 2 aliphatic rings. The molecule has 1 saturated heterocycles. The largest absolute Gasteiger partial charge is 0.619 e. The van der Waals surface area contributed by atoms with Crippen molar-refractivity contribution >= 4 is 46.5 Å². The van der Waals surface area contributed by atoms with E-state index in [1.54, 1.807) is 12.1 Å². The molecule has 50 heavy (non-hydrogen) atoms. The molecule has 2 atom stereocenters. The van der Waals surface area contributed by atoms with Crippen molar-refractivity contribution in [1.82, 2.24) is 10.2 Å². The van der Waals surface area contributed by atoms with Crippen LogP contribution in [0.2, 0.25) is 10.0 Å². The minimum absolute atomic E-state index is 0.137. The number of carboxylic acids is 1. The number of ether oxygens (including phenoxy) is 3. The highest BCUT2D eigenvalue weighted by Crippen LogP contribution is 2.43. The summed E-state index contributed by atoms with van der Waals surface area (Å²) in [5.74, 6) is -0.969. The molecule has 3 heterocycles. The second kappa shape index (κ2) is 15.2.